The Bertz CT molecular complexity index is 554. The van der Waals surface area contributed by atoms with Crippen LogP contribution in [0.3, 0.4) is 0 Å². The molecule has 92 valence electrons. The Balaban J connectivity index is 1.98. The van der Waals surface area contributed by atoms with Gasteiger partial charge < -0.3 is 5.32 Å². The zero-order chi connectivity index (χ0) is 13.0. The van der Waals surface area contributed by atoms with Gasteiger partial charge in [0.25, 0.3) is 5.91 Å². The highest BCUT2D eigenvalue weighted by atomic mass is 35.5. The minimum Gasteiger partial charge on any atom is -0.348 e. The molecule has 1 amide bonds. The summed E-state index contributed by atoms with van der Waals surface area (Å²) in [7, 11) is 0. The van der Waals surface area contributed by atoms with Crippen molar-refractivity contribution < 1.29 is 4.79 Å². The third kappa shape index (κ3) is 3.52. The van der Waals surface area contributed by atoms with E-state index >= 15 is 0 Å². The number of thiol groups is 1. The lowest BCUT2D eigenvalue weighted by Gasteiger charge is -2.06. The third-order valence-corrected chi connectivity index (χ3v) is 3.00. The Labute approximate surface area is 116 Å². The lowest BCUT2D eigenvalue weighted by molar-refractivity contribution is 0.0950. The van der Waals surface area contributed by atoms with Crippen LogP contribution in [0.1, 0.15) is 15.9 Å². The largest absolute Gasteiger partial charge is 0.348 e. The second kappa shape index (κ2) is 5.94. The van der Waals surface area contributed by atoms with Gasteiger partial charge in [0, 0.05) is 22.0 Å². The first-order chi connectivity index (χ1) is 8.65. The SMILES string of the molecule is O=C(NCc1ccc(Cl)cc1)c1cccc(S)c1. The summed E-state index contributed by atoms with van der Waals surface area (Å²) in [5.74, 6) is -0.110. The van der Waals surface area contributed by atoms with E-state index in [0.29, 0.717) is 17.1 Å². The summed E-state index contributed by atoms with van der Waals surface area (Å²) in [4.78, 5) is 12.6. The van der Waals surface area contributed by atoms with E-state index in [0.717, 1.165) is 10.5 Å². The minimum atomic E-state index is -0.110. The van der Waals surface area contributed by atoms with Crippen LogP contribution < -0.4 is 5.32 Å². The molecule has 0 saturated heterocycles. The van der Waals surface area contributed by atoms with Crippen LogP contribution in [0.4, 0.5) is 0 Å². The van der Waals surface area contributed by atoms with Crippen molar-refractivity contribution in [1.29, 1.82) is 0 Å². The van der Waals surface area contributed by atoms with Gasteiger partial charge in [0.2, 0.25) is 0 Å². The summed E-state index contributed by atoms with van der Waals surface area (Å²) in [5.41, 5.74) is 1.62. The van der Waals surface area contributed by atoms with Crippen molar-refractivity contribution in [3.05, 3.63) is 64.7 Å². The molecule has 0 unspecified atom stereocenters. The molecule has 0 fully saturated rings. The average molecular weight is 278 g/mol. The van der Waals surface area contributed by atoms with Crippen molar-refractivity contribution in [3.63, 3.8) is 0 Å². The fourth-order valence-electron chi connectivity index (χ4n) is 1.53. The quantitative estimate of drug-likeness (QED) is 0.826. The normalized spacial score (nSPS) is 10.1. The van der Waals surface area contributed by atoms with Gasteiger partial charge in [0.1, 0.15) is 0 Å². The summed E-state index contributed by atoms with van der Waals surface area (Å²) in [6.07, 6.45) is 0. The Morgan fingerprint density at radius 1 is 1.17 bits per heavy atom. The lowest BCUT2D eigenvalue weighted by atomic mass is 10.2. The van der Waals surface area contributed by atoms with E-state index in [2.05, 4.69) is 17.9 Å². The van der Waals surface area contributed by atoms with Crippen LogP contribution >= 0.6 is 24.2 Å². The van der Waals surface area contributed by atoms with Gasteiger partial charge in [0.15, 0.2) is 0 Å². The van der Waals surface area contributed by atoms with E-state index < -0.39 is 0 Å². The Hall–Kier alpha value is -1.45. The van der Waals surface area contributed by atoms with Crippen molar-refractivity contribution in [3.8, 4) is 0 Å². The van der Waals surface area contributed by atoms with E-state index in [1.165, 1.54) is 0 Å². The number of carbonyl (C=O) groups is 1. The monoisotopic (exact) mass is 277 g/mol. The van der Waals surface area contributed by atoms with Crippen LogP contribution in [-0.2, 0) is 6.54 Å². The van der Waals surface area contributed by atoms with Gasteiger partial charge in [-0.2, -0.15) is 0 Å². The van der Waals surface area contributed by atoms with E-state index in [-0.39, 0.29) is 5.91 Å². The van der Waals surface area contributed by atoms with Crippen molar-refractivity contribution in [1.82, 2.24) is 5.32 Å². The summed E-state index contributed by atoms with van der Waals surface area (Å²) in [5, 5.41) is 3.53. The van der Waals surface area contributed by atoms with Crippen LogP contribution in [-0.4, -0.2) is 5.91 Å². The second-order valence-corrected chi connectivity index (χ2v) is 4.81. The molecule has 0 aliphatic rings. The fraction of sp³-hybridized carbons (Fsp3) is 0.0714. The van der Waals surface area contributed by atoms with Gasteiger partial charge in [-0.25, -0.2) is 0 Å². The van der Waals surface area contributed by atoms with Crippen molar-refractivity contribution in [2.75, 3.05) is 0 Å². The minimum absolute atomic E-state index is 0.110. The van der Waals surface area contributed by atoms with E-state index in [9.17, 15) is 4.79 Å². The molecule has 18 heavy (non-hydrogen) atoms. The number of benzene rings is 2. The van der Waals surface area contributed by atoms with Crippen LogP contribution in [0.2, 0.25) is 5.02 Å². The molecule has 2 aromatic carbocycles. The molecule has 0 heterocycles. The molecule has 0 atom stereocenters. The zero-order valence-corrected chi connectivity index (χ0v) is 11.2. The highest BCUT2D eigenvalue weighted by Crippen LogP contribution is 2.11. The van der Waals surface area contributed by atoms with E-state index in [4.69, 9.17) is 11.6 Å². The smallest absolute Gasteiger partial charge is 0.251 e. The summed E-state index contributed by atoms with van der Waals surface area (Å²) in [6, 6.07) is 14.5. The van der Waals surface area contributed by atoms with Gasteiger partial charge in [0.05, 0.1) is 0 Å². The Morgan fingerprint density at radius 2 is 1.89 bits per heavy atom. The zero-order valence-electron chi connectivity index (χ0n) is 9.56. The van der Waals surface area contributed by atoms with Crippen molar-refractivity contribution in [2.45, 2.75) is 11.4 Å². The van der Waals surface area contributed by atoms with Crippen molar-refractivity contribution in [2.24, 2.45) is 0 Å². The first-order valence-corrected chi connectivity index (χ1v) is 6.29. The van der Waals surface area contributed by atoms with Crippen LogP contribution in [0.5, 0.6) is 0 Å². The predicted molar refractivity (Wildman–Crippen MR) is 76.3 cm³/mol. The lowest BCUT2D eigenvalue weighted by Crippen LogP contribution is -2.22. The molecule has 0 spiro atoms. The Kier molecular flexibility index (Phi) is 4.28. The summed E-state index contributed by atoms with van der Waals surface area (Å²) in [6.45, 7) is 0.479. The first-order valence-electron chi connectivity index (χ1n) is 5.47. The number of carbonyl (C=O) groups excluding carboxylic acids is 1. The molecule has 2 nitrogen and oxygen atoms in total. The van der Waals surface area contributed by atoms with Crippen LogP contribution in [0.15, 0.2) is 53.4 Å². The first kappa shape index (κ1) is 13.0. The highest BCUT2D eigenvalue weighted by molar-refractivity contribution is 7.80. The van der Waals surface area contributed by atoms with Crippen molar-refractivity contribution >= 4 is 30.1 Å². The van der Waals surface area contributed by atoms with Gasteiger partial charge in [-0.05, 0) is 35.9 Å². The van der Waals surface area contributed by atoms with Gasteiger partial charge >= 0.3 is 0 Å². The Morgan fingerprint density at radius 3 is 2.56 bits per heavy atom. The molecular weight excluding hydrogens is 266 g/mol. The second-order valence-electron chi connectivity index (χ2n) is 3.86. The maximum atomic E-state index is 11.9. The maximum Gasteiger partial charge on any atom is 0.251 e. The maximum absolute atomic E-state index is 11.9. The summed E-state index contributed by atoms with van der Waals surface area (Å²) >= 11 is 10.00. The highest BCUT2D eigenvalue weighted by Gasteiger charge is 2.04. The number of hydrogen-bond acceptors (Lipinski definition) is 2. The molecule has 0 bridgehead atoms. The van der Waals surface area contributed by atoms with E-state index in [1.807, 2.05) is 18.2 Å². The molecule has 0 aliphatic heterocycles. The fourth-order valence-corrected chi connectivity index (χ4v) is 1.88. The molecule has 0 aliphatic carbocycles. The number of hydrogen-bond donors (Lipinski definition) is 2. The molecule has 2 rings (SSSR count). The number of rotatable bonds is 3. The molecule has 1 N–H and O–H groups in total. The average Bonchev–Trinajstić information content (AvgIpc) is 2.38. The molecule has 4 heteroatoms. The van der Waals surface area contributed by atoms with E-state index in [1.54, 1.807) is 30.3 Å². The predicted octanol–water partition coefficient (Wildman–Crippen LogP) is 3.56. The topological polar surface area (TPSA) is 29.1 Å². The van der Waals surface area contributed by atoms with Crippen LogP contribution in [0, 0.1) is 0 Å². The number of nitrogens with one attached hydrogen (secondary N) is 1. The molecule has 0 aromatic heterocycles. The molecule has 2 aromatic rings. The number of amides is 1. The number of halogens is 1. The van der Waals surface area contributed by atoms with Crippen LogP contribution in [0.25, 0.3) is 0 Å². The van der Waals surface area contributed by atoms with Gasteiger partial charge in [-0.1, -0.05) is 29.8 Å². The molecule has 0 saturated carbocycles. The molecule has 0 radical (unpaired) electrons. The standard InChI is InChI=1S/C14H12ClNOS/c15-12-6-4-10(5-7-12)9-16-14(17)11-2-1-3-13(18)8-11/h1-8,18H,9H2,(H,16,17). The van der Waals surface area contributed by atoms with Gasteiger partial charge in [-0.3, -0.25) is 4.79 Å². The third-order valence-electron chi connectivity index (χ3n) is 2.47. The molecular formula is C14H12ClNOS. The summed E-state index contributed by atoms with van der Waals surface area (Å²) < 4.78 is 0. The van der Waals surface area contributed by atoms with Gasteiger partial charge in [-0.15, -0.1) is 12.6 Å².